The van der Waals surface area contributed by atoms with Gasteiger partial charge in [0.25, 0.3) is 0 Å². The first-order valence-corrected chi connectivity index (χ1v) is 4.35. The van der Waals surface area contributed by atoms with Crippen molar-refractivity contribution in [3.63, 3.8) is 0 Å². The number of rotatable bonds is 3. The van der Waals surface area contributed by atoms with Crippen molar-refractivity contribution in [1.29, 1.82) is 0 Å². The highest BCUT2D eigenvalue weighted by molar-refractivity contribution is 5.85. The van der Waals surface area contributed by atoms with Crippen molar-refractivity contribution in [3.8, 4) is 0 Å². The molecule has 0 saturated carbocycles. The molecule has 1 aromatic heterocycles. The lowest BCUT2D eigenvalue weighted by molar-refractivity contribution is 0.0690. The van der Waals surface area contributed by atoms with Gasteiger partial charge in [-0.15, -0.1) is 0 Å². The highest BCUT2D eigenvalue weighted by Gasteiger charge is 2.08. The van der Waals surface area contributed by atoms with Crippen LogP contribution in [0.1, 0.15) is 42.4 Å². The molecule has 3 heteroatoms. The smallest absolute Gasteiger partial charge is 0.354 e. The van der Waals surface area contributed by atoms with E-state index in [0.717, 1.165) is 12.1 Å². The fourth-order valence-corrected chi connectivity index (χ4v) is 1.05. The molecular weight excluding hydrogens is 166 g/mol. The summed E-state index contributed by atoms with van der Waals surface area (Å²) in [5.41, 5.74) is 0.972. The maximum atomic E-state index is 10.6. The average Bonchev–Trinajstić information content (AvgIpc) is 2.17. The van der Waals surface area contributed by atoms with Crippen LogP contribution in [0, 0.1) is 0 Å². The van der Waals surface area contributed by atoms with E-state index in [1.165, 1.54) is 6.07 Å². The molecule has 0 bridgehead atoms. The lowest BCUT2D eigenvalue weighted by Gasteiger charge is -2.07. The molecule has 1 atom stereocenters. The molecule has 0 fully saturated rings. The van der Waals surface area contributed by atoms with Crippen LogP contribution in [-0.4, -0.2) is 16.1 Å². The van der Waals surface area contributed by atoms with E-state index in [9.17, 15) is 4.79 Å². The van der Waals surface area contributed by atoms with Gasteiger partial charge in [0, 0.05) is 5.69 Å². The van der Waals surface area contributed by atoms with Crippen molar-refractivity contribution in [2.75, 3.05) is 0 Å². The van der Waals surface area contributed by atoms with Crippen LogP contribution in [0.2, 0.25) is 0 Å². The number of aromatic nitrogens is 1. The van der Waals surface area contributed by atoms with Gasteiger partial charge >= 0.3 is 5.97 Å². The van der Waals surface area contributed by atoms with Crippen LogP contribution in [0.15, 0.2) is 18.2 Å². The molecule has 3 nitrogen and oxygen atoms in total. The van der Waals surface area contributed by atoms with Crippen molar-refractivity contribution in [1.82, 2.24) is 4.98 Å². The van der Waals surface area contributed by atoms with Gasteiger partial charge in [0.05, 0.1) is 0 Å². The molecule has 1 heterocycles. The molecule has 0 aromatic carbocycles. The van der Waals surface area contributed by atoms with Crippen molar-refractivity contribution >= 4 is 5.97 Å². The van der Waals surface area contributed by atoms with Gasteiger partial charge in [-0.3, -0.25) is 0 Å². The van der Waals surface area contributed by atoms with E-state index in [2.05, 4.69) is 11.9 Å². The Labute approximate surface area is 77.4 Å². The molecule has 0 aliphatic rings. The number of hydrogen-bond donors (Lipinski definition) is 1. The van der Waals surface area contributed by atoms with E-state index in [0.29, 0.717) is 5.92 Å². The zero-order chi connectivity index (χ0) is 9.84. The SMILES string of the molecule is CCC(C)c1cccc(C(=O)O)n1. The standard InChI is InChI=1S/C10H13NO2/c1-3-7(2)8-5-4-6-9(11-8)10(12)13/h4-7H,3H2,1-2H3,(H,12,13). The number of carbonyl (C=O) groups is 1. The fraction of sp³-hybridized carbons (Fsp3) is 0.400. The lowest BCUT2D eigenvalue weighted by Crippen LogP contribution is -2.04. The number of hydrogen-bond acceptors (Lipinski definition) is 2. The Balaban J connectivity index is 2.98. The highest BCUT2D eigenvalue weighted by atomic mass is 16.4. The van der Waals surface area contributed by atoms with Gasteiger partial charge in [0.1, 0.15) is 5.69 Å². The Morgan fingerprint density at radius 1 is 1.62 bits per heavy atom. The van der Waals surface area contributed by atoms with Crippen LogP contribution < -0.4 is 0 Å². The second-order valence-electron chi connectivity index (χ2n) is 3.06. The minimum atomic E-state index is -0.967. The van der Waals surface area contributed by atoms with Gasteiger partial charge in [-0.25, -0.2) is 9.78 Å². The number of carboxylic acids is 1. The van der Waals surface area contributed by atoms with Crippen LogP contribution in [0.3, 0.4) is 0 Å². The number of pyridine rings is 1. The molecule has 0 spiro atoms. The van der Waals surface area contributed by atoms with E-state index < -0.39 is 5.97 Å². The molecule has 0 saturated heterocycles. The normalized spacial score (nSPS) is 12.5. The Kier molecular flexibility index (Phi) is 3.01. The van der Waals surface area contributed by atoms with E-state index in [4.69, 9.17) is 5.11 Å². The van der Waals surface area contributed by atoms with Crippen LogP contribution in [0.4, 0.5) is 0 Å². The minimum absolute atomic E-state index is 0.123. The summed E-state index contributed by atoms with van der Waals surface area (Å²) in [5.74, 6) is -0.649. The molecule has 1 unspecified atom stereocenters. The molecule has 0 radical (unpaired) electrons. The zero-order valence-electron chi connectivity index (χ0n) is 7.82. The third-order valence-corrected chi connectivity index (χ3v) is 2.11. The van der Waals surface area contributed by atoms with E-state index in [-0.39, 0.29) is 5.69 Å². The van der Waals surface area contributed by atoms with Gasteiger partial charge in [0.15, 0.2) is 0 Å². The summed E-state index contributed by atoms with van der Waals surface area (Å²) in [5, 5.41) is 8.70. The monoisotopic (exact) mass is 179 g/mol. The Hall–Kier alpha value is -1.38. The predicted molar refractivity (Wildman–Crippen MR) is 49.9 cm³/mol. The lowest BCUT2D eigenvalue weighted by atomic mass is 10.0. The molecule has 0 aliphatic carbocycles. The molecule has 1 aromatic rings. The van der Waals surface area contributed by atoms with E-state index >= 15 is 0 Å². The molecule has 0 aliphatic heterocycles. The van der Waals surface area contributed by atoms with E-state index in [1.807, 2.05) is 13.0 Å². The van der Waals surface area contributed by atoms with Crippen molar-refractivity contribution in [2.24, 2.45) is 0 Å². The molecule has 1 rings (SSSR count). The molecular formula is C10H13NO2. The van der Waals surface area contributed by atoms with Crippen molar-refractivity contribution in [3.05, 3.63) is 29.6 Å². The van der Waals surface area contributed by atoms with Crippen molar-refractivity contribution in [2.45, 2.75) is 26.2 Å². The molecule has 13 heavy (non-hydrogen) atoms. The van der Waals surface area contributed by atoms with Gasteiger partial charge in [0.2, 0.25) is 0 Å². The third-order valence-electron chi connectivity index (χ3n) is 2.11. The maximum absolute atomic E-state index is 10.6. The largest absolute Gasteiger partial charge is 0.477 e. The number of carboxylic acid groups (broad SMARTS) is 1. The predicted octanol–water partition coefficient (Wildman–Crippen LogP) is 2.29. The minimum Gasteiger partial charge on any atom is -0.477 e. The summed E-state index contributed by atoms with van der Waals surface area (Å²) >= 11 is 0. The van der Waals surface area contributed by atoms with Gasteiger partial charge in [-0.05, 0) is 24.5 Å². The molecule has 0 amide bonds. The Bertz CT molecular complexity index is 310. The van der Waals surface area contributed by atoms with Crippen molar-refractivity contribution < 1.29 is 9.90 Å². The second-order valence-corrected chi connectivity index (χ2v) is 3.06. The Morgan fingerprint density at radius 3 is 2.85 bits per heavy atom. The first kappa shape index (κ1) is 9.71. The zero-order valence-corrected chi connectivity index (χ0v) is 7.82. The first-order valence-electron chi connectivity index (χ1n) is 4.35. The van der Waals surface area contributed by atoms with Crippen LogP contribution in [0.25, 0.3) is 0 Å². The summed E-state index contributed by atoms with van der Waals surface area (Å²) in [7, 11) is 0. The quantitative estimate of drug-likeness (QED) is 0.774. The highest BCUT2D eigenvalue weighted by Crippen LogP contribution is 2.15. The summed E-state index contributed by atoms with van der Waals surface area (Å²) in [4.78, 5) is 14.6. The first-order chi connectivity index (χ1) is 6.15. The van der Waals surface area contributed by atoms with Crippen LogP contribution >= 0.6 is 0 Å². The summed E-state index contributed by atoms with van der Waals surface area (Å²) in [6.45, 7) is 4.09. The van der Waals surface area contributed by atoms with E-state index in [1.54, 1.807) is 6.07 Å². The number of nitrogens with zero attached hydrogens (tertiary/aromatic N) is 1. The van der Waals surface area contributed by atoms with Gasteiger partial charge < -0.3 is 5.11 Å². The fourth-order valence-electron chi connectivity index (χ4n) is 1.05. The summed E-state index contributed by atoms with van der Waals surface area (Å²) < 4.78 is 0. The second kappa shape index (κ2) is 4.03. The molecule has 1 N–H and O–H groups in total. The average molecular weight is 179 g/mol. The number of aromatic carboxylic acids is 1. The van der Waals surface area contributed by atoms with Crippen LogP contribution in [0.5, 0.6) is 0 Å². The maximum Gasteiger partial charge on any atom is 0.354 e. The third kappa shape index (κ3) is 2.28. The van der Waals surface area contributed by atoms with Gasteiger partial charge in [-0.1, -0.05) is 19.9 Å². The Morgan fingerprint density at radius 2 is 2.31 bits per heavy atom. The summed E-state index contributed by atoms with van der Waals surface area (Å²) in [6, 6.07) is 5.10. The van der Waals surface area contributed by atoms with Crippen LogP contribution in [-0.2, 0) is 0 Å². The topological polar surface area (TPSA) is 50.2 Å². The molecule has 70 valence electrons. The summed E-state index contributed by atoms with van der Waals surface area (Å²) in [6.07, 6.45) is 0.968. The van der Waals surface area contributed by atoms with Gasteiger partial charge in [-0.2, -0.15) is 0 Å².